The molecule has 1 aliphatic rings. The number of ether oxygens (including phenoxy) is 1. The molecule has 0 bridgehead atoms. The van der Waals surface area contributed by atoms with Gasteiger partial charge in [-0.15, -0.1) is 0 Å². The Morgan fingerprint density at radius 2 is 2.11 bits per heavy atom. The lowest BCUT2D eigenvalue weighted by atomic mass is 9.85. The van der Waals surface area contributed by atoms with Crippen LogP contribution in [0.4, 0.5) is 0 Å². The molecule has 0 saturated carbocycles. The van der Waals surface area contributed by atoms with Gasteiger partial charge in [0.05, 0.1) is 6.10 Å². The van der Waals surface area contributed by atoms with E-state index >= 15 is 0 Å². The number of Topliss-reactive ketones (excluding diaryl/α,β-unsaturated/α-hetero) is 1. The Balaban J connectivity index is 2.08. The van der Waals surface area contributed by atoms with Crippen molar-refractivity contribution in [2.24, 2.45) is 0 Å². The summed E-state index contributed by atoms with van der Waals surface area (Å²) in [6, 6.07) is 6.19. The molecule has 104 valence electrons. The molecule has 1 atom stereocenters. The van der Waals surface area contributed by atoms with E-state index in [1.54, 1.807) is 7.11 Å². The highest BCUT2D eigenvalue weighted by Crippen LogP contribution is 2.26. The van der Waals surface area contributed by atoms with Crippen LogP contribution in [0.1, 0.15) is 60.5 Å². The van der Waals surface area contributed by atoms with E-state index in [9.17, 15) is 4.79 Å². The Morgan fingerprint density at radius 1 is 1.26 bits per heavy atom. The molecule has 0 radical (unpaired) electrons. The molecule has 1 aromatic carbocycles. The van der Waals surface area contributed by atoms with Crippen LogP contribution < -0.4 is 0 Å². The molecule has 19 heavy (non-hydrogen) atoms. The van der Waals surface area contributed by atoms with E-state index in [1.165, 1.54) is 11.1 Å². The molecule has 2 heteroatoms. The third kappa shape index (κ3) is 3.44. The molecule has 1 aromatic rings. The molecule has 0 N–H and O–H groups in total. The van der Waals surface area contributed by atoms with Gasteiger partial charge in [-0.2, -0.15) is 0 Å². The van der Waals surface area contributed by atoms with Gasteiger partial charge in [0.1, 0.15) is 0 Å². The van der Waals surface area contributed by atoms with Crippen LogP contribution in [0, 0.1) is 0 Å². The van der Waals surface area contributed by atoms with Crippen LogP contribution in [-0.4, -0.2) is 19.0 Å². The van der Waals surface area contributed by atoms with Crippen molar-refractivity contribution in [3.8, 4) is 0 Å². The molecule has 0 saturated heterocycles. The number of ketones is 1. The van der Waals surface area contributed by atoms with Gasteiger partial charge >= 0.3 is 0 Å². The SMILES string of the molecule is CCCC(CCc1cccc2c1CCCC2=O)OC. The predicted molar refractivity (Wildman–Crippen MR) is 77.7 cm³/mol. The van der Waals surface area contributed by atoms with Gasteiger partial charge < -0.3 is 4.74 Å². The predicted octanol–water partition coefficient (Wildman–Crippen LogP) is 3.95. The molecule has 1 unspecified atom stereocenters. The first-order valence-corrected chi connectivity index (χ1v) is 7.43. The highest BCUT2D eigenvalue weighted by atomic mass is 16.5. The van der Waals surface area contributed by atoms with Crippen LogP contribution in [-0.2, 0) is 17.6 Å². The van der Waals surface area contributed by atoms with Crippen molar-refractivity contribution < 1.29 is 9.53 Å². The number of hydrogen-bond donors (Lipinski definition) is 0. The summed E-state index contributed by atoms with van der Waals surface area (Å²) in [5.74, 6) is 0.319. The molecule has 0 amide bonds. The summed E-state index contributed by atoms with van der Waals surface area (Å²) in [6.45, 7) is 2.19. The Kier molecular flexibility index (Phi) is 5.15. The number of methoxy groups -OCH3 is 1. The standard InChI is InChI=1S/C17H24O2/c1-3-6-14(19-2)12-11-13-7-4-9-16-15(13)8-5-10-17(16)18/h4,7,9,14H,3,5-6,8,10-12H2,1-2H3. The first-order valence-electron chi connectivity index (χ1n) is 7.43. The maximum atomic E-state index is 11.9. The number of rotatable bonds is 6. The fraction of sp³-hybridized carbons (Fsp3) is 0.588. The topological polar surface area (TPSA) is 26.3 Å². The van der Waals surface area contributed by atoms with Gasteiger partial charge in [-0.25, -0.2) is 0 Å². The second-order valence-electron chi connectivity index (χ2n) is 5.41. The van der Waals surface area contributed by atoms with E-state index in [0.717, 1.165) is 44.1 Å². The zero-order valence-electron chi connectivity index (χ0n) is 12.1. The number of carbonyl (C=O) groups excluding carboxylic acids is 1. The van der Waals surface area contributed by atoms with Crippen molar-refractivity contribution >= 4 is 5.78 Å². The molecular weight excluding hydrogens is 236 g/mol. The second kappa shape index (κ2) is 6.85. The summed E-state index contributed by atoms with van der Waals surface area (Å²) in [7, 11) is 1.80. The van der Waals surface area contributed by atoms with Crippen molar-refractivity contribution in [2.45, 2.75) is 58.0 Å². The fourth-order valence-electron chi connectivity index (χ4n) is 3.00. The molecule has 0 aliphatic heterocycles. The van der Waals surface area contributed by atoms with Gasteiger partial charge in [0.2, 0.25) is 0 Å². The number of hydrogen-bond acceptors (Lipinski definition) is 2. The van der Waals surface area contributed by atoms with Crippen molar-refractivity contribution in [1.82, 2.24) is 0 Å². The van der Waals surface area contributed by atoms with Crippen molar-refractivity contribution in [2.75, 3.05) is 7.11 Å². The van der Waals surface area contributed by atoms with Gasteiger partial charge in [-0.1, -0.05) is 31.5 Å². The van der Waals surface area contributed by atoms with Gasteiger partial charge in [-0.3, -0.25) is 4.79 Å². The second-order valence-corrected chi connectivity index (χ2v) is 5.41. The lowest BCUT2D eigenvalue weighted by Crippen LogP contribution is -2.15. The van der Waals surface area contributed by atoms with Gasteiger partial charge in [0.15, 0.2) is 5.78 Å². The average molecular weight is 260 g/mol. The molecule has 0 heterocycles. The summed E-state index contributed by atoms with van der Waals surface area (Å²) >= 11 is 0. The smallest absolute Gasteiger partial charge is 0.163 e. The number of aryl methyl sites for hydroxylation is 1. The van der Waals surface area contributed by atoms with Gasteiger partial charge in [0.25, 0.3) is 0 Å². The fourth-order valence-corrected chi connectivity index (χ4v) is 3.00. The monoisotopic (exact) mass is 260 g/mol. The van der Waals surface area contributed by atoms with E-state index in [4.69, 9.17) is 4.74 Å². The summed E-state index contributed by atoms with van der Waals surface area (Å²) in [4.78, 5) is 11.9. The highest BCUT2D eigenvalue weighted by molar-refractivity contribution is 5.98. The van der Waals surface area contributed by atoms with Gasteiger partial charge in [-0.05, 0) is 43.2 Å². The molecule has 2 rings (SSSR count). The molecule has 0 spiro atoms. The van der Waals surface area contributed by atoms with Crippen molar-refractivity contribution in [1.29, 1.82) is 0 Å². The molecule has 0 aromatic heterocycles. The van der Waals surface area contributed by atoms with Gasteiger partial charge in [0, 0.05) is 19.1 Å². The normalized spacial score (nSPS) is 16.2. The first kappa shape index (κ1) is 14.3. The lowest BCUT2D eigenvalue weighted by Gasteiger charge is -2.20. The number of benzene rings is 1. The highest BCUT2D eigenvalue weighted by Gasteiger charge is 2.19. The van der Waals surface area contributed by atoms with E-state index in [2.05, 4.69) is 13.0 Å². The largest absolute Gasteiger partial charge is 0.381 e. The van der Waals surface area contributed by atoms with Crippen molar-refractivity contribution in [3.05, 3.63) is 34.9 Å². The minimum absolute atomic E-state index is 0.319. The van der Waals surface area contributed by atoms with Crippen molar-refractivity contribution in [3.63, 3.8) is 0 Å². The van der Waals surface area contributed by atoms with E-state index in [0.29, 0.717) is 18.3 Å². The van der Waals surface area contributed by atoms with E-state index < -0.39 is 0 Å². The first-order chi connectivity index (χ1) is 9.26. The van der Waals surface area contributed by atoms with E-state index in [-0.39, 0.29) is 0 Å². The zero-order chi connectivity index (χ0) is 13.7. The van der Waals surface area contributed by atoms with Crippen LogP contribution >= 0.6 is 0 Å². The maximum absolute atomic E-state index is 11.9. The lowest BCUT2D eigenvalue weighted by molar-refractivity contribution is 0.0876. The Hall–Kier alpha value is -1.15. The maximum Gasteiger partial charge on any atom is 0.163 e. The Labute approximate surface area is 116 Å². The van der Waals surface area contributed by atoms with Crippen LogP contribution in [0.5, 0.6) is 0 Å². The quantitative estimate of drug-likeness (QED) is 0.774. The third-order valence-electron chi connectivity index (χ3n) is 4.08. The summed E-state index contributed by atoms with van der Waals surface area (Å²) in [5.41, 5.74) is 3.61. The Bertz CT molecular complexity index is 437. The minimum Gasteiger partial charge on any atom is -0.381 e. The number of fused-ring (bicyclic) bond motifs is 1. The minimum atomic E-state index is 0.319. The summed E-state index contributed by atoms with van der Waals surface area (Å²) in [5, 5.41) is 0. The summed E-state index contributed by atoms with van der Waals surface area (Å²) in [6.07, 6.45) is 7.47. The Morgan fingerprint density at radius 3 is 2.84 bits per heavy atom. The third-order valence-corrected chi connectivity index (χ3v) is 4.08. The number of carbonyl (C=O) groups is 1. The molecule has 1 aliphatic carbocycles. The summed E-state index contributed by atoms with van der Waals surface area (Å²) < 4.78 is 5.51. The molecule has 2 nitrogen and oxygen atoms in total. The van der Waals surface area contributed by atoms with Crippen LogP contribution in [0.25, 0.3) is 0 Å². The van der Waals surface area contributed by atoms with E-state index in [1.807, 2.05) is 12.1 Å². The molecular formula is C17H24O2. The average Bonchev–Trinajstić information content (AvgIpc) is 2.44. The van der Waals surface area contributed by atoms with Crippen LogP contribution in [0.2, 0.25) is 0 Å². The zero-order valence-corrected chi connectivity index (χ0v) is 12.1. The van der Waals surface area contributed by atoms with Crippen LogP contribution in [0.3, 0.4) is 0 Å². The molecule has 0 fully saturated rings. The van der Waals surface area contributed by atoms with Crippen LogP contribution in [0.15, 0.2) is 18.2 Å².